The van der Waals surface area contributed by atoms with Crippen molar-refractivity contribution in [3.05, 3.63) is 23.3 Å². The van der Waals surface area contributed by atoms with Crippen molar-refractivity contribution in [2.24, 2.45) is 0 Å². The molecule has 0 aliphatic rings. The maximum atomic E-state index is 5.48. The first-order chi connectivity index (χ1) is 9.60. The molecule has 20 heavy (non-hydrogen) atoms. The molecule has 1 unspecified atom stereocenters. The van der Waals surface area contributed by atoms with E-state index in [-0.39, 0.29) is 0 Å². The first-order valence-corrected chi connectivity index (χ1v) is 8.00. The molecule has 0 amide bonds. The molecule has 2 nitrogen and oxygen atoms in total. The Kier molecular flexibility index (Phi) is 7.50. The minimum absolute atomic E-state index is 0.516. The van der Waals surface area contributed by atoms with Gasteiger partial charge in [-0.2, -0.15) is 0 Å². The fourth-order valence-corrected chi connectivity index (χ4v) is 2.69. The molecule has 0 bridgehead atoms. The Balaban J connectivity index is 2.47. The van der Waals surface area contributed by atoms with Gasteiger partial charge in [0.25, 0.3) is 0 Å². The van der Waals surface area contributed by atoms with Crippen molar-refractivity contribution >= 4 is 5.69 Å². The summed E-state index contributed by atoms with van der Waals surface area (Å²) >= 11 is 0. The molecule has 0 aliphatic heterocycles. The van der Waals surface area contributed by atoms with Gasteiger partial charge >= 0.3 is 0 Å². The van der Waals surface area contributed by atoms with Crippen LogP contribution in [-0.4, -0.2) is 13.2 Å². The zero-order chi connectivity index (χ0) is 15.0. The van der Waals surface area contributed by atoms with E-state index in [1.807, 2.05) is 0 Å². The van der Waals surface area contributed by atoms with E-state index in [9.17, 15) is 0 Å². The lowest BCUT2D eigenvalue weighted by molar-refractivity contribution is 0.408. The Morgan fingerprint density at radius 1 is 1.10 bits per heavy atom. The highest BCUT2D eigenvalue weighted by Gasteiger charge is 2.09. The van der Waals surface area contributed by atoms with Gasteiger partial charge in [0.15, 0.2) is 0 Å². The Bertz CT molecular complexity index is 401. The van der Waals surface area contributed by atoms with Gasteiger partial charge in [0.2, 0.25) is 0 Å². The van der Waals surface area contributed by atoms with E-state index >= 15 is 0 Å². The van der Waals surface area contributed by atoms with Crippen LogP contribution in [0.2, 0.25) is 0 Å². The second-order valence-corrected chi connectivity index (χ2v) is 5.84. The van der Waals surface area contributed by atoms with Crippen LogP contribution in [0.3, 0.4) is 0 Å². The van der Waals surface area contributed by atoms with E-state index in [4.69, 9.17) is 4.74 Å². The second-order valence-electron chi connectivity index (χ2n) is 5.84. The Labute approximate surface area is 124 Å². The Morgan fingerprint density at radius 2 is 1.80 bits per heavy atom. The van der Waals surface area contributed by atoms with Crippen LogP contribution in [0.15, 0.2) is 12.1 Å². The number of hydrogen-bond acceptors (Lipinski definition) is 2. The minimum atomic E-state index is 0.516. The predicted octanol–water partition coefficient (Wildman–Crippen LogP) is 5.47. The van der Waals surface area contributed by atoms with E-state index in [1.54, 1.807) is 7.11 Å². The number of ether oxygens (including phenoxy) is 1. The molecule has 0 saturated heterocycles. The molecular formula is C18H31NO. The molecule has 0 saturated carbocycles. The van der Waals surface area contributed by atoms with Gasteiger partial charge in [0.05, 0.1) is 7.11 Å². The summed E-state index contributed by atoms with van der Waals surface area (Å²) < 4.78 is 5.48. The molecule has 1 aromatic carbocycles. The van der Waals surface area contributed by atoms with E-state index in [2.05, 4.69) is 45.1 Å². The van der Waals surface area contributed by atoms with Crippen molar-refractivity contribution in [1.29, 1.82) is 0 Å². The molecule has 0 heterocycles. The summed E-state index contributed by atoms with van der Waals surface area (Å²) in [6.07, 6.45) is 7.97. The topological polar surface area (TPSA) is 21.3 Å². The first kappa shape index (κ1) is 16.9. The molecule has 114 valence electrons. The summed E-state index contributed by atoms with van der Waals surface area (Å²) in [5.74, 6) is 1.00. The fourth-order valence-electron chi connectivity index (χ4n) is 2.69. The third-order valence-corrected chi connectivity index (χ3v) is 3.95. The number of aryl methyl sites for hydroxylation is 1. The number of benzene rings is 1. The molecular weight excluding hydrogens is 246 g/mol. The number of nitrogens with one attached hydrogen (secondary N) is 1. The van der Waals surface area contributed by atoms with E-state index in [1.165, 1.54) is 55.3 Å². The van der Waals surface area contributed by atoms with Crippen molar-refractivity contribution in [1.82, 2.24) is 0 Å². The van der Waals surface area contributed by atoms with Crippen LogP contribution in [0.25, 0.3) is 0 Å². The van der Waals surface area contributed by atoms with Gasteiger partial charge in [-0.15, -0.1) is 0 Å². The molecule has 1 N–H and O–H groups in total. The van der Waals surface area contributed by atoms with Crippen LogP contribution in [0.4, 0.5) is 5.69 Å². The van der Waals surface area contributed by atoms with Gasteiger partial charge in [-0.3, -0.25) is 0 Å². The van der Waals surface area contributed by atoms with Crippen LogP contribution < -0.4 is 10.1 Å². The predicted molar refractivity (Wildman–Crippen MR) is 88.9 cm³/mol. The fraction of sp³-hybridized carbons (Fsp3) is 0.667. The van der Waals surface area contributed by atoms with Crippen LogP contribution in [0, 0.1) is 13.8 Å². The van der Waals surface area contributed by atoms with Crippen LogP contribution in [0.1, 0.15) is 63.5 Å². The summed E-state index contributed by atoms with van der Waals surface area (Å²) in [5, 5.41) is 3.62. The molecule has 1 atom stereocenters. The highest BCUT2D eigenvalue weighted by molar-refractivity contribution is 5.59. The summed E-state index contributed by atoms with van der Waals surface area (Å²) in [6.45, 7) is 8.75. The van der Waals surface area contributed by atoms with Crippen LogP contribution in [-0.2, 0) is 0 Å². The summed E-state index contributed by atoms with van der Waals surface area (Å²) in [7, 11) is 1.75. The highest BCUT2D eigenvalue weighted by Crippen LogP contribution is 2.29. The summed E-state index contributed by atoms with van der Waals surface area (Å²) in [4.78, 5) is 0. The van der Waals surface area contributed by atoms with E-state index in [0.29, 0.717) is 6.04 Å². The summed E-state index contributed by atoms with van der Waals surface area (Å²) in [5.41, 5.74) is 3.61. The van der Waals surface area contributed by atoms with Gasteiger partial charge < -0.3 is 10.1 Å². The minimum Gasteiger partial charge on any atom is -0.496 e. The zero-order valence-corrected chi connectivity index (χ0v) is 13.9. The molecule has 2 heteroatoms. The zero-order valence-electron chi connectivity index (χ0n) is 13.9. The van der Waals surface area contributed by atoms with E-state index < -0.39 is 0 Å². The largest absolute Gasteiger partial charge is 0.496 e. The van der Waals surface area contributed by atoms with Gasteiger partial charge in [-0.05, 0) is 38.8 Å². The van der Waals surface area contributed by atoms with Crippen molar-refractivity contribution in [3.63, 3.8) is 0 Å². The number of hydrogen-bond donors (Lipinski definition) is 1. The molecule has 0 aromatic heterocycles. The maximum absolute atomic E-state index is 5.48. The van der Waals surface area contributed by atoms with Crippen molar-refractivity contribution in [2.75, 3.05) is 12.4 Å². The van der Waals surface area contributed by atoms with Gasteiger partial charge in [0.1, 0.15) is 5.75 Å². The second kappa shape index (κ2) is 8.89. The Morgan fingerprint density at radius 3 is 2.45 bits per heavy atom. The average molecular weight is 277 g/mol. The van der Waals surface area contributed by atoms with Crippen molar-refractivity contribution in [2.45, 2.75) is 72.3 Å². The van der Waals surface area contributed by atoms with Crippen molar-refractivity contribution < 1.29 is 4.74 Å². The molecule has 0 radical (unpaired) electrons. The monoisotopic (exact) mass is 277 g/mol. The summed E-state index contributed by atoms with van der Waals surface area (Å²) in [6, 6.07) is 4.81. The number of anilines is 1. The maximum Gasteiger partial charge on any atom is 0.126 e. The van der Waals surface area contributed by atoms with Gasteiger partial charge in [-0.1, -0.05) is 45.1 Å². The third-order valence-electron chi connectivity index (χ3n) is 3.95. The van der Waals surface area contributed by atoms with Gasteiger partial charge in [0, 0.05) is 17.3 Å². The van der Waals surface area contributed by atoms with E-state index in [0.717, 1.165) is 5.75 Å². The van der Waals surface area contributed by atoms with Crippen LogP contribution in [0.5, 0.6) is 5.75 Å². The molecule has 1 rings (SSSR count). The normalized spacial score (nSPS) is 12.2. The lowest BCUT2D eigenvalue weighted by atomic mass is 10.1. The van der Waals surface area contributed by atoms with Crippen molar-refractivity contribution in [3.8, 4) is 5.75 Å². The third kappa shape index (κ3) is 5.07. The average Bonchev–Trinajstić information content (AvgIpc) is 2.42. The molecule has 0 aliphatic carbocycles. The first-order valence-electron chi connectivity index (χ1n) is 8.00. The molecule has 1 aromatic rings. The lowest BCUT2D eigenvalue weighted by Gasteiger charge is -2.19. The SMILES string of the molecule is CCCCCCCC(C)Nc1ccc(C)c(OC)c1C. The Hall–Kier alpha value is -1.18. The highest BCUT2D eigenvalue weighted by atomic mass is 16.5. The molecule has 0 fully saturated rings. The lowest BCUT2D eigenvalue weighted by Crippen LogP contribution is -2.16. The quantitative estimate of drug-likeness (QED) is 0.604. The molecule has 0 spiro atoms. The smallest absolute Gasteiger partial charge is 0.126 e. The number of unbranched alkanes of at least 4 members (excludes halogenated alkanes) is 4. The standard InChI is InChI=1S/C18H31NO/c1-6-7-8-9-10-11-15(3)19-17-13-12-14(2)18(20-5)16(17)4/h12-13,15,19H,6-11H2,1-5H3. The van der Waals surface area contributed by atoms with Crippen LogP contribution >= 0.6 is 0 Å². The van der Waals surface area contributed by atoms with Gasteiger partial charge in [-0.25, -0.2) is 0 Å². The number of rotatable bonds is 9. The number of methoxy groups -OCH3 is 1.